The Labute approximate surface area is 142 Å². The minimum Gasteiger partial charge on any atom is -0.352 e. The van der Waals surface area contributed by atoms with Crippen molar-refractivity contribution < 1.29 is 14.4 Å². The van der Waals surface area contributed by atoms with Gasteiger partial charge in [0.05, 0.1) is 0 Å². The highest BCUT2D eigenvalue weighted by Gasteiger charge is 2.49. The highest BCUT2D eigenvalue weighted by Crippen LogP contribution is 2.28. The smallest absolute Gasteiger partial charge is 0.325 e. The molecule has 1 aromatic carbocycles. The molecule has 0 aliphatic carbocycles. The van der Waals surface area contributed by atoms with Crippen molar-refractivity contribution in [3.63, 3.8) is 0 Å². The highest BCUT2D eigenvalue weighted by atomic mass is 16.2. The van der Waals surface area contributed by atoms with Gasteiger partial charge in [-0.3, -0.25) is 14.5 Å². The van der Waals surface area contributed by atoms with Crippen LogP contribution in [0.1, 0.15) is 38.8 Å². The van der Waals surface area contributed by atoms with Gasteiger partial charge < -0.3 is 10.6 Å². The van der Waals surface area contributed by atoms with Crippen LogP contribution in [0.25, 0.3) is 0 Å². The summed E-state index contributed by atoms with van der Waals surface area (Å²) in [7, 11) is 0. The van der Waals surface area contributed by atoms with E-state index in [1.807, 2.05) is 52.0 Å². The summed E-state index contributed by atoms with van der Waals surface area (Å²) < 4.78 is 0. The van der Waals surface area contributed by atoms with Crippen molar-refractivity contribution in [3.8, 4) is 0 Å². The van der Waals surface area contributed by atoms with Gasteiger partial charge >= 0.3 is 6.03 Å². The average molecular weight is 331 g/mol. The molecule has 24 heavy (non-hydrogen) atoms. The first-order chi connectivity index (χ1) is 11.1. The zero-order valence-electron chi connectivity index (χ0n) is 14.8. The minimum absolute atomic E-state index is 0.0262. The topological polar surface area (TPSA) is 78.5 Å². The summed E-state index contributed by atoms with van der Waals surface area (Å²) in [6, 6.07) is 6.84. The monoisotopic (exact) mass is 331 g/mol. The molecule has 4 amide bonds. The zero-order valence-corrected chi connectivity index (χ0v) is 14.8. The standard InChI is InChI=1S/C18H25N3O3/c1-11(2)13(4)19-15(22)10-21-16(23)18(5,20-17(21)24)14-8-6-12(3)7-9-14/h6-9,11,13H,10H2,1-5H3,(H,19,22)(H,20,24)/t13-,18-/m0/s1. The fourth-order valence-electron chi connectivity index (χ4n) is 2.53. The largest absolute Gasteiger partial charge is 0.352 e. The third-order valence-electron chi connectivity index (χ3n) is 4.59. The molecule has 1 fully saturated rings. The molecule has 6 nitrogen and oxygen atoms in total. The molecular formula is C18H25N3O3. The first-order valence-electron chi connectivity index (χ1n) is 8.15. The summed E-state index contributed by atoms with van der Waals surface area (Å²) in [5.41, 5.74) is 0.622. The van der Waals surface area contributed by atoms with Gasteiger partial charge in [-0.15, -0.1) is 0 Å². The van der Waals surface area contributed by atoms with Crippen molar-refractivity contribution >= 4 is 17.8 Å². The van der Waals surface area contributed by atoms with Gasteiger partial charge in [0.25, 0.3) is 5.91 Å². The van der Waals surface area contributed by atoms with E-state index < -0.39 is 17.5 Å². The Balaban J connectivity index is 2.14. The van der Waals surface area contributed by atoms with Crippen molar-refractivity contribution in [3.05, 3.63) is 35.4 Å². The summed E-state index contributed by atoms with van der Waals surface area (Å²) in [5, 5.41) is 5.51. The van der Waals surface area contributed by atoms with Gasteiger partial charge in [0.1, 0.15) is 12.1 Å². The fourth-order valence-corrected chi connectivity index (χ4v) is 2.53. The molecule has 2 atom stereocenters. The van der Waals surface area contributed by atoms with E-state index in [2.05, 4.69) is 10.6 Å². The molecule has 0 radical (unpaired) electrons. The van der Waals surface area contributed by atoms with Crippen LogP contribution < -0.4 is 10.6 Å². The lowest BCUT2D eigenvalue weighted by molar-refractivity contribution is -0.135. The van der Waals surface area contributed by atoms with Crippen LogP contribution in [0.15, 0.2) is 24.3 Å². The predicted molar refractivity (Wildman–Crippen MR) is 91.2 cm³/mol. The van der Waals surface area contributed by atoms with Gasteiger partial charge in [0, 0.05) is 6.04 Å². The van der Waals surface area contributed by atoms with Gasteiger partial charge in [0.15, 0.2) is 0 Å². The molecule has 0 unspecified atom stereocenters. The van der Waals surface area contributed by atoms with Crippen LogP contribution >= 0.6 is 0 Å². The van der Waals surface area contributed by atoms with Crippen LogP contribution in [0, 0.1) is 12.8 Å². The second-order valence-corrected chi connectivity index (χ2v) is 6.91. The van der Waals surface area contributed by atoms with Crippen LogP contribution in [-0.2, 0) is 15.1 Å². The van der Waals surface area contributed by atoms with Crippen LogP contribution in [0.5, 0.6) is 0 Å². The van der Waals surface area contributed by atoms with Crippen LogP contribution in [0.3, 0.4) is 0 Å². The number of hydrogen-bond acceptors (Lipinski definition) is 3. The fraction of sp³-hybridized carbons (Fsp3) is 0.500. The van der Waals surface area contributed by atoms with E-state index in [9.17, 15) is 14.4 Å². The van der Waals surface area contributed by atoms with Crippen LogP contribution in [0.2, 0.25) is 0 Å². The Hall–Kier alpha value is -2.37. The molecule has 0 aromatic heterocycles. The Morgan fingerprint density at radius 1 is 1.21 bits per heavy atom. The number of hydrogen-bond donors (Lipinski definition) is 2. The first-order valence-corrected chi connectivity index (χ1v) is 8.15. The molecule has 130 valence electrons. The zero-order chi connectivity index (χ0) is 18.1. The normalized spacial score (nSPS) is 21.8. The van der Waals surface area contributed by atoms with Crippen molar-refractivity contribution in [2.75, 3.05) is 6.54 Å². The summed E-state index contributed by atoms with van der Waals surface area (Å²) >= 11 is 0. The maximum absolute atomic E-state index is 12.7. The molecule has 1 aliphatic heterocycles. The maximum atomic E-state index is 12.7. The summed E-state index contributed by atoms with van der Waals surface area (Å²) in [6.07, 6.45) is 0. The molecule has 6 heteroatoms. The quantitative estimate of drug-likeness (QED) is 0.809. The summed E-state index contributed by atoms with van der Waals surface area (Å²) in [4.78, 5) is 38.0. The minimum atomic E-state index is -1.14. The van der Waals surface area contributed by atoms with Gasteiger partial charge in [-0.05, 0) is 32.3 Å². The van der Waals surface area contributed by atoms with E-state index in [0.717, 1.165) is 10.5 Å². The van der Waals surface area contributed by atoms with E-state index in [-0.39, 0.29) is 24.4 Å². The Morgan fingerprint density at radius 3 is 2.33 bits per heavy atom. The maximum Gasteiger partial charge on any atom is 0.325 e. The number of nitrogens with zero attached hydrogens (tertiary/aromatic N) is 1. The molecule has 2 N–H and O–H groups in total. The second-order valence-electron chi connectivity index (χ2n) is 6.91. The number of aryl methyl sites for hydroxylation is 1. The van der Waals surface area contributed by atoms with Gasteiger partial charge in [-0.2, -0.15) is 0 Å². The van der Waals surface area contributed by atoms with Crippen molar-refractivity contribution in [1.29, 1.82) is 0 Å². The predicted octanol–water partition coefficient (Wildman–Crippen LogP) is 1.92. The molecule has 0 saturated carbocycles. The number of amides is 4. The Morgan fingerprint density at radius 2 is 1.79 bits per heavy atom. The number of carbonyl (C=O) groups is 3. The number of nitrogens with one attached hydrogen (secondary N) is 2. The van der Waals surface area contributed by atoms with E-state index in [1.54, 1.807) is 6.92 Å². The van der Waals surface area contributed by atoms with Gasteiger partial charge in [0.2, 0.25) is 5.91 Å². The lowest BCUT2D eigenvalue weighted by Gasteiger charge is -2.23. The lowest BCUT2D eigenvalue weighted by Crippen LogP contribution is -2.46. The number of urea groups is 1. The van der Waals surface area contributed by atoms with Crippen molar-refractivity contribution in [2.45, 2.75) is 46.2 Å². The van der Waals surface area contributed by atoms with Crippen LogP contribution in [0.4, 0.5) is 4.79 Å². The van der Waals surface area contributed by atoms with E-state index in [1.165, 1.54) is 0 Å². The van der Waals surface area contributed by atoms with Crippen molar-refractivity contribution in [1.82, 2.24) is 15.5 Å². The molecular weight excluding hydrogens is 306 g/mol. The number of imide groups is 1. The van der Waals surface area contributed by atoms with Gasteiger partial charge in [-0.25, -0.2) is 4.79 Å². The Bertz CT molecular complexity index is 654. The van der Waals surface area contributed by atoms with Gasteiger partial charge in [-0.1, -0.05) is 43.7 Å². The molecule has 0 bridgehead atoms. The molecule has 1 saturated heterocycles. The second kappa shape index (κ2) is 6.63. The highest BCUT2D eigenvalue weighted by molar-refractivity contribution is 6.09. The molecule has 0 spiro atoms. The SMILES string of the molecule is Cc1ccc([C@]2(C)NC(=O)N(CC(=O)N[C@@H](C)C(C)C)C2=O)cc1. The lowest BCUT2D eigenvalue weighted by atomic mass is 9.91. The number of rotatable bonds is 5. The van der Waals surface area contributed by atoms with Crippen LogP contribution in [-0.4, -0.2) is 35.3 Å². The third-order valence-corrected chi connectivity index (χ3v) is 4.59. The Kier molecular flexibility index (Phi) is 4.96. The average Bonchev–Trinajstić information content (AvgIpc) is 2.72. The molecule has 2 rings (SSSR count). The first kappa shape index (κ1) is 18.0. The number of benzene rings is 1. The summed E-state index contributed by atoms with van der Waals surface area (Å²) in [6.45, 7) is 9.22. The number of carbonyl (C=O) groups excluding carboxylic acids is 3. The van der Waals surface area contributed by atoms with E-state index in [0.29, 0.717) is 5.56 Å². The summed E-state index contributed by atoms with van der Waals surface area (Å²) in [5.74, 6) is -0.480. The molecule has 1 heterocycles. The molecule has 1 aromatic rings. The van der Waals surface area contributed by atoms with Crippen molar-refractivity contribution in [2.24, 2.45) is 5.92 Å². The van der Waals surface area contributed by atoms with E-state index in [4.69, 9.17) is 0 Å². The molecule has 1 aliphatic rings. The third kappa shape index (κ3) is 3.42. The van der Waals surface area contributed by atoms with E-state index >= 15 is 0 Å².